The third-order valence-electron chi connectivity index (χ3n) is 3.14. The van der Waals surface area contributed by atoms with Crippen molar-refractivity contribution in [2.24, 2.45) is 5.73 Å². The van der Waals surface area contributed by atoms with Crippen LogP contribution >= 0.6 is 0 Å². The number of hydrogen-bond donors (Lipinski definition) is 1. The summed E-state index contributed by atoms with van der Waals surface area (Å²) in [4.78, 5) is 13.1. The van der Waals surface area contributed by atoms with E-state index < -0.39 is 5.67 Å². The molecule has 1 amide bonds. The van der Waals surface area contributed by atoms with E-state index in [1.165, 1.54) is 6.92 Å². The maximum absolute atomic E-state index is 14.0. The average Bonchev–Trinajstić information content (AvgIpc) is 2.54. The predicted octanol–water partition coefficient (Wildman–Crippen LogP) is 1.35. The number of carbonyl (C=O) groups excluding carboxylic acids is 1. The normalized spacial score (nSPS) is 18.5. The highest BCUT2D eigenvalue weighted by molar-refractivity contribution is 6.00. The Morgan fingerprint density at radius 1 is 1.56 bits per heavy atom. The third kappa shape index (κ3) is 1.59. The molecule has 0 aromatic heterocycles. The zero-order valence-electron chi connectivity index (χ0n) is 9.46. The largest absolute Gasteiger partial charge is 0.327 e. The molecule has 0 spiro atoms. The first-order chi connectivity index (χ1) is 7.45. The van der Waals surface area contributed by atoms with E-state index in [0.29, 0.717) is 12.0 Å². The summed E-state index contributed by atoms with van der Waals surface area (Å²) in [5, 5.41) is 0. The average molecular weight is 222 g/mol. The number of alkyl halides is 1. The van der Waals surface area contributed by atoms with E-state index in [-0.39, 0.29) is 12.5 Å². The summed E-state index contributed by atoms with van der Waals surface area (Å²) in [7, 11) is 1.73. The van der Waals surface area contributed by atoms with Gasteiger partial charge in [-0.1, -0.05) is 6.07 Å². The zero-order chi connectivity index (χ0) is 11.9. The van der Waals surface area contributed by atoms with Crippen molar-refractivity contribution in [3.63, 3.8) is 0 Å². The number of halogens is 1. The Kier molecular flexibility index (Phi) is 2.46. The molecule has 0 saturated carbocycles. The van der Waals surface area contributed by atoms with Crippen LogP contribution in [-0.4, -0.2) is 19.5 Å². The fraction of sp³-hybridized carbons (Fsp3) is 0.417. The van der Waals surface area contributed by atoms with Crippen LogP contribution in [0.2, 0.25) is 0 Å². The summed E-state index contributed by atoms with van der Waals surface area (Å²) in [6.45, 7) is 1.39. The Bertz CT molecular complexity index is 443. The van der Waals surface area contributed by atoms with Gasteiger partial charge in [0.2, 0.25) is 5.91 Å². The van der Waals surface area contributed by atoms with Crippen molar-refractivity contribution in [1.82, 2.24) is 0 Å². The van der Waals surface area contributed by atoms with Gasteiger partial charge in [0.25, 0.3) is 0 Å². The number of nitrogens with two attached hydrogens (primary N) is 1. The topological polar surface area (TPSA) is 46.3 Å². The van der Waals surface area contributed by atoms with Gasteiger partial charge in [-0.2, -0.15) is 0 Å². The Labute approximate surface area is 94.0 Å². The summed E-state index contributed by atoms with van der Waals surface area (Å²) >= 11 is 0. The van der Waals surface area contributed by atoms with Gasteiger partial charge in [0.1, 0.15) is 5.67 Å². The monoisotopic (exact) mass is 222 g/mol. The highest BCUT2D eigenvalue weighted by Crippen LogP contribution is 2.33. The number of fused-ring (bicyclic) bond motifs is 1. The molecule has 1 heterocycles. The van der Waals surface area contributed by atoms with Crippen LogP contribution < -0.4 is 10.6 Å². The van der Waals surface area contributed by atoms with Gasteiger partial charge < -0.3 is 10.6 Å². The van der Waals surface area contributed by atoms with Crippen LogP contribution in [0.5, 0.6) is 0 Å². The molecule has 1 aromatic rings. The lowest BCUT2D eigenvalue weighted by molar-refractivity contribution is -0.117. The van der Waals surface area contributed by atoms with Crippen LogP contribution in [0.4, 0.5) is 10.1 Å². The molecule has 0 fully saturated rings. The third-order valence-corrected chi connectivity index (χ3v) is 3.14. The number of benzene rings is 1. The minimum absolute atomic E-state index is 0.0421. The summed E-state index contributed by atoms with van der Waals surface area (Å²) in [6, 6.07) is 5.22. The van der Waals surface area contributed by atoms with Crippen molar-refractivity contribution in [3.05, 3.63) is 29.3 Å². The van der Waals surface area contributed by atoms with E-state index in [9.17, 15) is 9.18 Å². The predicted molar refractivity (Wildman–Crippen MR) is 61.1 cm³/mol. The zero-order valence-corrected chi connectivity index (χ0v) is 9.46. The molecule has 4 heteroatoms. The van der Waals surface area contributed by atoms with Gasteiger partial charge in [-0.3, -0.25) is 4.79 Å². The molecule has 0 aliphatic carbocycles. The van der Waals surface area contributed by atoms with Crippen LogP contribution in [-0.2, 0) is 16.9 Å². The number of anilines is 1. The first-order valence-electron chi connectivity index (χ1n) is 5.24. The Hall–Kier alpha value is -1.42. The van der Waals surface area contributed by atoms with Gasteiger partial charge in [0.05, 0.1) is 6.42 Å². The standard InChI is InChI=1S/C12H15FN2O/c1-12(13,7-14)9-3-4-10-8(5-9)6-11(16)15(10)2/h3-5H,6-7,14H2,1-2H3. The van der Waals surface area contributed by atoms with Crippen LogP contribution in [0.25, 0.3) is 0 Å². The Morgan fingerprint density at radius 3 is 2.88 bits per heavy atom. The molecule has 1 unspecified atom stereocenters. The molecule has 3 nitrogen and oxygen atoms in total. The lowest BCUT2D eigenvalue weighted by Crippen LogP contribution is -2.26. The molecule has 0 bridgehead atoms. The summed E-state index contributed by atoms with van der Waals surface area (Å²) < 4.78 is 14.0. The van der Waals surface area contributed by atoms with Gasteiger partial charge in [0.15, 0.2) is 0 Å². The fourth-order valence-electron chi connectivity index (χ4n) is 1.91. The van der Waals surface area contributed by atoms with Crippen molar-refractivity contribution in [1.29, 1.82) is 0 Å². The lowest BCUT2D eigenvalue weighted by Gasteiger charge is -2.19. The minimum atomic E-state index is -1.53. The second kappa shape index (κ2) is 3.56. The van der Waals surface area contributed by atoms with E-state index in [2.05, 4.69) is 0 Å². The number of rotatable bonds is 2. The highest BCUT2D eigenvalue weighted by atomic mass is 19.1. The molecule has 0 saturated heterocycles. The summed E-state index contributed by atoms with van der Waals surface area (Å²) in [5.41, 5.74) is 6.14. The van der Waals surface area contributed by atoms with E-state index in [1.807, 2.05) is 0 Å². The summed E-state index contributed by atoms with van der Waals surface area (Å²) in [6.07, 6.45) is 0.348. The van der Waals surface area contributed by atoms with Gasteiger partial charge in [-0.15, -0.1) is 0 Å². The van der Waals surface area contributed by atoms with E-state index in [1.54, 1.807) is 30.1 Å². The van der Waals surface area contributed by atoms with Crippen molar-refractivity contribution in [3.8, 4) is 0 Å². The van der Waals surface area contributed by atoms with Crippen LogP contribution in [0.1, 0.15) is 18.1 Å². The summed E-state index contributed by atoms with van der Waals surface area (Å²) in [5.74, 6) is 0.0421. The molecule has 1 atom stereocenters. The van der Waals surface area contributed by atoms with Crippen molar-refractivity contribution in [2.45, 2.75) is 19.0 Å². The number of amides is 1. The molecule has 2 N–H and O–H groups in total. The smallest absolute Gasteiger partial charge is 0.231 e. The number of likely N-dealkylation sites (N-methyl/N-ethyl adjacent to an activating group) is 1. The molecule has 86 valence electrons. The lowest BCUT2D eigenvalue weighted by atomic mass is 9.95. The molecule has 2 rings (SSSR count). The van der Waals surface area contributed by atoms with Crippen molar-refractivity contribution in [2.75, 3.05) is 18.5 Å². The van der Waals surface area contributed by atoms with Crippen LogP contribution in [0, 0.1) is 0 Å². The van der Waals surface area contributed by atoms with Gasteiger partial charge in [-0.25, -0.2) is 4.39 Å². The SMILES string of the molecule is CN1C(=O)Cc2cc(C(C)(F)CN)ccc21. The first kappa shape index (κ1) is 11.1. The Morgan fingerprint density at radius 2 is 2.25 bits per heavy atom. The van der Waals surface area contributed by atoms with Crippen molar-refractivity contribution >= 4 is 11.6 Å². The maximum Gasteiger partial charge on any atom is 0.231 e. The highest BCUT2D eigenvalue weighted by Gasteiger charge is 2.29. The Balaban J connectivity index is 2.43. The quantitative estimate of drug-likeness (QED) is 0.821. The van der Waals surface area contributed by atoms with E-state index >= 15 is 0 Å². The molecule has 0 radical (unpaired) electrons. The van der Waals surface area contributed by atoms with Crippen LogP contribution in [0.15, 0.2) is 18.2 Å². The van der Waals surface area contributed by atoms with Gasteiger partial charge in [0, 0.05) is 19.3 Å². The fourth-order valence-corrected chi connectivity index (χ4v) is 1.91. The molecular formula is C12H15FN2O. The first-order valence-corrected chi connectivity index (χ1v) is 5.24. The molecule has 1 aliphatic rings. The molecule has 16 heavy (non-hydrogen) atoms. The van der Waals surface area contributed by atoms with Gasteiger partial charge in [-0.05, 0) is 30.2 Å². The van der Waals surface area contributed by atoms with Crippen molar-refractivity contribution < 1.29 is 9.18 Å². The number of hydrogen-bond acceptors (Lipinski definition) is 2. The molecule has 1 aliphatic heterocycles. The molecular weight excluding hydrogens is 207 g/mol. The number of nitrogens with zero attached hydrogens (tertiary/aromatic N) is 1. The second-order valence-electron chi connectivity index (χ2n) is 4.37. The van der Waals surface area contributed by atoms with Crippen LogP contribution in [0.3, 0.4) is 0 Å². The minimum Gasteiger partial charge on any atom is -0.327 e. The van der Waals surface area contributed by atoms with Gasteiger partial charge >= 0.3 is 0 Å². The molecule has 1 aromatic carbocycles. The number of carbonyl (C=O) groups is 1. The van der Waals surface area contributed by atoms with E-state index in [4.69, 9.17) is 5.73 Å². The second-order valence-corrected chi connectivity index (χ2v) is 4.37. The maximum atomic E-state index is 14.0. The van der Waals surface area contributed by atoms with E-state index in [0.717, 1.165) is 11.3 Å².